The Kier molecular flexibility index (Phi) is 4.33. The predicted molar refractivity (Wildman–Crippen MR) is 87.1 cm³/mol. The van der Waals surface area contributed by atoms with Gasteiger partial charge in [-0.1, -0.05) is 24.3 Å². The van der Waals surface area contributed by atoms with Crippen molar-refractivity contribution in [3.8, 4) is 0 Å². The van der Waals surface area contributed by atoms with Crippen LogP contribution in [0.25, 0.3) is 10.9 Å². The molecule has 0 radical (unpaired) electrons. The summed E-state index contributed by atoms with van der Waals surface area (Å²) >= 11 is 0. The molecule has 0 unspecified atom stereocenters. The van der Waals surface area contributed by atoms with Crippen LogP contribution < -0.4 is 5.32 Å². The number of anilines is 1. The van der Waals surface area contributed by atoms with Gasteiger partial charge in [-0.15, -0.1) is 0 Å². The third kappa shape index (κ3) is 3.15. The van der Waals surface area contributed by atoms with Crippen LogP contribution in [0.2, 0.25) is 0 Å². The number of nitrogens with zero attached hydrogens (tertiary/aromatic N) is 2. The van der Waals surface area contributed by atoms with Crippen molar-refractivity contribution in [1.82, 2.24) is 4.98 Å². The molecule has 0 aliphatic heterocycles. The maximum atomic E-state index is 12.5. The molecule has 2 aromatic carbocycles. The second-order valence-corrected chi connectivity index (χ2v) is 5.18. The summed E-state index contributed by atoms with van der Waals surface area (Å²) < 4.78 is 25.1. The van der Waals surface area contributed by atoms with Gasteiger partial charge in [-0.25, -0.2) is 8.78 Å². The Morgan fingerprint density at radius 3 is 2.54 bits per heavy atom. The van der Waals surface area contributed by atoms with Gasteiger partial charge in [-0.05, 0) is 29.8 Å². The summed E-state index contributed by atoms with van der Waals surface area (Å²) in [5.41, 5.74) is 1.54. The zero-order chi connectivity index (χ0) is 17.1. The van der Waals surface area contributed by atoms with Crippen LogP contribution in [-0.4, -0.2) is 9.91 Å². The standard InChI is InChI=1S/C17H13F2N3O2/c18-17(19)12-5-3-11(4-6-12)10-21-15-8-7-14-13(2-1-9-20-14)16(15)22(23)24/h1-9,17,21H,10H2. The zero-order valence-corrected chi connectivity index (χ0v) is 12.4. The maximum absolute atomic E-state index is 12.5. The van der Waals surface area contributed by atoms with Crippen molar-refractivity contribution in [2.75, 3.05) is 5.32 Å². The molecule has 7 heteroatoms. The van der Waals surface area contributed by atoms with Crippen molar-refractivity contribution in [3.63, 3.8) is 0 Å². The lowest BCUT2D eigenvalue weighted by atomic mass is 10.1. The number of nitro groups is 1. The SMILES string of the molecule is O=[N+]([O-])c1c(NCc2ccc(C(F)F)cc2)ccc2ncccc12. The molecule has 0 spiro atoms. The second kappa shape index (κ2) is 6.57. The molecule has 122 valence electrons. The lowest BCUT2D eigenvalue weighted by Crippen LogP contribution is -2.03. The van der Waals surface area contributed by atoms with Crippen molar-refractivity contribution < 1.29 is 13.7 Å². The highest BCUT2D eigenvalue weighted by atomic mass is 19.3. The first kappa shape index (κ1) is 15.8. The first-order valence-corrected chi connectivity index (χ1v) is 7.19. The van der Waals surface area contributed by atoms with Crippen molar-refractivity contribution in [2.24, 2.45) is 0 Å². The summed E-state index contributed by atoms with van der Waals surface area (Å²) in [6, 6.07) is 12.4. The number of alkyl halides is 2. The number of aromatic nitrogens is 1. The van der Waals surface area contributed by atoms with Crippen LogP contribution >= 0.6 is 0 Å². The summed E-state index contributed by atoms with van der Waals surface area (Å²) in [7, 11) is 0. The molecule has 0 atom stereocenters. The molecule has 0 bridgehead atoms. The van der Waals surface area contributed by atoms with Gasteiger partial charge in [0.05, 0.1) is 15.8 Å². The quantitative estimate of drug-likeness (QED) is 0.544. The van der Waals surface area contributed by atoms with Gasteiger partial charge in [0.25, 0.3) is 6.43 Å². The largest absolute Gasteiger partial charge is 0.375 e. The lowest BCUT2D eigenvalue weighted by Gasteiger charge is -2.09. The van der Waals surface area contributed by atoms with E-state index < -0.39 is 11.3 Å². The third-order valence-electron chi connectivity index (χ3n) is 3.65. The van der Waals surface area contributed by atoms with Crippen molar-refractivity contribution in [1.29, 1.82) is 0 Å². The number of benzene rings is 2. The topological polar surface area (TPSA) is 68.1 Å². The van der Waals surface area contributed by atoms with E-state index in [1.54, 1.807) is 42.6 Å². The minimum atomic E-state index is -2.51. The summed E-state index contributed by atoms with van der Waals surface area (Å²) in [4.78, 5) is 15.1. The summed E-state index contributed by atoms with van der Waals surface area (Å²) in [6.07, 6.45) is -0.940. The van der Waals surface area contributed by atoms with Crippen LogP contribution in [0.15, 0.2) is 54.7 Å². The van der Waals surface area contributed by atoms with E-state index in [1.807, 2.05) is 0 Å². The summed E-state index contributed by atoms with van der Waals surface area (Å²) in [6.45, 7) is 0.288. The number of pyridine rings is 1. The number of hydrogen-bond donors (Lipinski definition) is 1. The van der Waals surface area contributed by atoms with E-state index in [0.29, 0.717) is 16.6 Å². The van der Waals surface area contributed by atoms with Crippen molar-refractivity contribution >= 4 is 22.3 Å². The Balaban J connectivity index is 1.87. The smallest absolute Gasteiger partial charge is 0.301 e. The summed E-state index contributed by atoms with van der Waals surface area (Å²) in [5, 5.41) is 14.9. The van der Waals surface area contributed by atoms with E-state index in [0.717, 1.165) is 5.56 Å². The number of halogens is 2. The lowest BCUT2D eigenvalue weighted by molar-refractivity contribution is -0.382. The molecule has 1 N–H and O–H groups in total. The van der Waals surface area contributed by atoms with Gasteiger partial charge in [0, 0.05) is 18.3 Å². The van der Waals surface area contributed by atoms with E-state index in [9.17, 15) is 18.9 Å². The fraction of sp³-hybridized carbons (Fsp3) is 0.118. The average Bonchev–Trinajstić information content (AvgIpc) is 2.59. The number of hydrogen-bond acceptors (Lipinski definition) is 4. The monoisotopic (exact) mass is 329 g/mol. The van der Waals surface area contributed by atoms with Crippen LogP contribution in [0.4, 0.5) is 20.2 Å². The van der Waals surface area contributed by atoms with Gasteiger partial charge in [-0.2, -0.15) is 0 Å². The molecular formula is C17H13F2N3O2. The van der Waals surface area contributed by atoms with Gasteiger partial charge in [0.1, 0.15) is 5.69 Å². The molecule has 1 aromatic heterocycles. The van der Waals surface area contributed by atoms with Crippen LogP contribution in [0.5, 0.6) is 0 Å². The van der Waals surface area contributed by atoms with Gasteiger partial charge >= 0.3 is 5.69 Å². The van der Waals surface area contributed by atoms with Gasteiger partial charge in [0.2, 0.25) is 0 Å². The molecule has 0 fully saturated rings. The molecule has 0 saturated carbocycles. The molecule has 3 aromatic rings. The van der Waals surface area contributed by atoms with E-state index in [1.165, 1.54) is 12.1 Å². The molecule has 0 aliphatic carbocycles. The van der Waals surface area contributed by atoms with Gasteiger partial charge in [-0.3, -0.25) is 15.1 Å². The van der Waals surface area contributed by atoms with Crippen LogP contribution in [0, 0.1) is 10.1 Å². The molecule has 0 amide bonds. The predicted octanol–water partition coefficient (Wildman–Crippen LogP) is 4.69. The van der Waals surface area contributed by atoms with Gasteiger partial charge in [0.15, 0.2) is 0 Å². The van der Waals surface area contributed by atoms with E-state index in [4.69, 9.17) is 0 Å². The normalized spacial score (nSPS) is 11.0. The van der Waals surface area contributed by atoms with E-state index in [2.05, 4.69) is 10.3 Å². The zero-order valence-electron chi connectivity index (χ0n) is 12.4. The first-order valence-electron chi connectivity index (χ1n) is 7.19. The minimum Gasteiger partial charge on any atom is -0.375 e. The average molecular weight is 329 g/mol. The first-order chi connectivity index (χ1) is 11.6. The molecular weight excluding hydrogens is 316 g/mol. The molecule has 0 saturated heterocycles. The second-order valence-electron chi connectivity index (χ2n) is 5.18. The third-order valence-corrected chi connectivity index (χ3v) is 3.65. The molecule has 1 heterocycles. The Hall–Kier alpha value is -3.09. The van der Waals surface area contributed by atoms with Crippen molar-refractivity contribution in [3.05, 3.63) is 76.0 Å². The molecule has 3 rings (SSSR count). The van der Waals surface area contributed by atoms with Crippen LogP contribution in [0.3, 0.4) is 0 Å². The highest BCUT2D eigenvalue weighted by Gasteiger charge is 2.18. The fourth-order valence-corrected chi connectivity index (χ4v) is 2.45. The Labute approximate surface area is 136 Å². The van der Waals surface area contributed by atoms with E-state index in [-0.39, 0.29) is 17.8 Å². The Morgan fingerprint density at radius 1 is 1.12 bits per heavy atom. The van der Waals surface area contributed by atoms with Crippen molar-refractivity contribution in [2.45, 2.75) is 13.0 Å². The van der Waals surface area contributed by atoms with Crippen LogP contribution in [-0.2, 0) is 6.54 Å². The minimum absolute atomic E-state index is 0.0511. The fourth-order valence-electron chi connectivity index (χ4n) is 2.45. The molecule has 0 aliphatic rings. The number of nitrogens with one attached hydrogen (secondary N) is 1. The molecule has 5 nitrogen and oxygen atoms in total. The van der Waals surface area contributed by atoms with Crippen LogP contribution in [0.1, 0.15) is 17.6 Å². The maximum Gasteiger partial charge on any atom is 0.301 e. The summed E-state index contributed by atoms with van der Waals surface area (Å²) in [5.74, 6) is 0. The number of fused-ring (bicyclic) bond motifs is 1. The number of rotatable bonds is 5. The molecule has 24 heavy (non-hydrogen) atoms. The number of nitro benzene ring substituents is 1. The Bertz CT molecular complexity index is 883. The Morgan fingerprint density at radius 2 is 1.88 bits per heavy atom. The van der Waals surface area contributed by atoms with Gasteiger partial charge < -0.3 is 5.32 Å². The highest BCUT2D eigenvalue weighted by molar-refractivity contribution is 5.94. The highest BCUT2D eigenvalue weighted by Crippen LogP contribution is 2.32. The van der Waals surface area contributed by atoms with E-state index >= 15 is 0 Å².